The third kappa shape index (κ3) is 3.00. The van der Waals surface area contributed by atoms with Crippen molar-refractivity contribution >= 4 is 11.6 Å². The van der Waals surface area contributed by atoms with E-state index in [-0.39, 0.29) is 18.0 Å². The van der Waals surface area contributed by atoms with Crippen LogP contribution in [0, 0.1) is 6.92 Å². The minimum atomic E-state index is -0.283. The molecule has 0 aliphatic rings. The number of anilines is 1. The molecule has 0 fully saturated rings. The Morgan fingerprint density at radius 2 is 2.11 bits per heavy atom. The van der Waals surface area contributed by atoms with Crippen LogP contribution in [-0.4, -0.2) is 20.4 Å². The fourth-order valence-corrected chi connectivity index (χ4v) is 1.43. The molecule has 0 saturated heterocycles. The lowest BCUT2D eigenvalue weighted by Gasteiger charge is -2.06. The van der Waals surface area contributed by atoms with Crippen LogP contribution in [-0.2, 0) is 11.3 Å². The SMILES string of the molecule is Cc1cc(=O)n(CC(=O)Nc2ccncc2)cn1. The van der Waals surface area contributed by atoms with Gasteiger partial charge in [0.25, 0.3) is 5.56 Å². The Labute approximate surface area is 103 Å². The zero-order valence-electron chi connectivity index (χ0n) is 9.83. The van der Waals surface area contributed by atoms with Crippen LogP contribution in [0.5, 0.6) is 0 Å². The average Bonchev–Trinajstić information content (AvgIpc) is 2.34. The van der Waals surface area contributed by atoms with E-state index >= 15 is 0 Å². The van der Waals surface area contributed by atoms with Crippen LogP contribution in [0.3, 0.4) is 0 Å². The highest BCUT2D eigenvalue weighted by Crippen LogP contribution is 2.02. The summed E-state index contributed by atoms with van der Waals surface area (Å²) in [5, 5.41) is 2.67. The van der Waals surface area contributed by atoms with Gasteiger partial charge in [-0.1, -0.05) is 0 Å². The van der Waals surface area contributed by atoms with Crippen LogP contribution in [0.4, 0.5) is 5.69 Å². The Morgan fingerprint density at radius 1 is 1.39 bits per heavy atom. The molecular formula is C12H12N4O2. The van der Waals surface area contributed by atoms with Gasteiger partial charge in [-0.05, 0) is 19.1 Å². The molecule has 0 bridgehead atoms. The lowest BCUT2D eigenvalue weighted by molar-refractivity contribution is -0.116. The van der Waals surface area contributed by atoms with Crippen molar-refractivity contribution in [3.05, 3.63) is 53.0 Å². The maximum absolute atomic E-state index is 11.7. The van der Waals surface area contributed by atoms with Gasteiger partial charge in [-0.2, -0.15) is 0 Å². The minimum Gasteiger partial charge on any atom is -0.324 e. The molecule has 2 heterocycles. The van der Waals surface area contributed by atoms with Gasteiger partial charge in [-0.25, -0.2) is 4.98 Å². The van der Waals surface area contributed by atoms with Gasteiger partial charge in [0.15, 0.2) is 0 Å². The number of nitrogens with zero attached hydrogens (tertiary/aromatic N) is 3. The highest BCUT2D eigenvalue weighted by atomic mass is 16.2. The molecule has 6 heteroatoms. The van der Waals surface area contributed by atoms with Crippen molar-refractivity contribution in [2.24, 2.45) is 0 Å². The fraction of sp³-hybridized carbons (Fsp3) is 0.167. The molecule has 0 aromatic carbocycles. The second-order valence-electron chi connectivity index (χ2n) is 3.78. The lowest BCUT2D eigenvalue weighted by Crippen LogP contribution is -2.27. The largest absolute Gasteiger partial charge is 0.324 e. The van der Waals surface area contributed by atoms with Crippen molar-refractivity contribution in [1.82, 2.24) is 14.5 Å². The maximum Gasteiger partial charge on any atom is 0.253 e. The molecule has 18 heavy (non-hydrogen) atoms. The smallest absolute Gasteiger partial charge is 0.253 e. The zero-order valence-corrected chi connectivity index (χ0v) is 9.83. The van der Waals surface area contributed by atoms with Crippen molar-refractivity contribution in [3.8, 4) is 0 Å². The third-order valence-electron chi connectivity index (χ3n) is 2.29. The first-order chi connectivity index (χ1) is 8.65. The van der Waals surface area contributed by atoms with Gasteiger partial charge in [-0.3, -0.25) is 19.1 Å². The summed E-state index contributed by atoms with van der Waals surface area (Å²) in [6.45, 7) is 1.66. The van der Waals surface area contributed by atoms with Crippen LogP contribution >= 0.6 is 0 Å². The van der Waals surface area contributed by atoms with E-state index < -0.39 is 0 Å². The van der Waals surface area contributed by atoms with Crippen LogP contribution < -0.4 is 10.9 Å². The van der Waals surface area contributed by atoms with Gasteiger partial charge in [-0.15, -0.1) is 0 Å². The number of carbonyl (C=O) groups is 1. The molecule has 2 aromatic heterocycles. The van der Waals surface area contributed by atoms with Crippen molar-refractivity contribution in [1.29, 1.82) is 0 Å². The summed E-state index contributed by atoms with van der Waals surface area (Å²) in [6, 6.07) is 4.74. The van der Waals surface area contributed by atoms with Crippen molar-refractivity contribution < 1.29 is 4.79 Å². The van der Waals surface area contributed by atoms with Gasteiger partial charge in [0, 0.05) is 29.8 Å². The van der Waals surface area contributed by atoms with Crippen LogP contribution in [0.2, 0.25) is 0 Å². The molecule has 0 unspecified atom stereocenters. The maximum atomic E-state index is 11.7. The Bertz CT molecular complexity index is 607. The van der Waals surface area contributed by atoms with E-state index in [1.165, 1.54) is 17.0 Å². The molecule has 0 saturated carbocycles. The minimum absolute atomic E-state index is 0.0611. The molecule has 1 N–H and O–H groups in total. The second-order valence-corrected chi connectivity index (χ2v) is 3.78. The van der Waals surface area contributed by atoms with Gasteiger partial charge in [0.05, 0.1) is 6.33 Å². The molecule has 0 radical (unpaired) electrons. The monoisotopic (exact) mass is 244 g/mol. The topological polar surface area (TPSA) is 76.9 Å². The number of aryl methyl sites for hydroxylation is 1. The Kier molecular flexibility index (Phi) is 3.47. The summed E-state index contributed by atoms with van der Waals surface area (Å²) in [4.78, 5) is 31.1. The first-order valence-electron chi connectivity index (χ1n) is 5.38. The van der Waals surface area contributed by atoms with Crippen molar-refractivity contribution in [3.63, 3.8) is 0 Å². The van der Waals surface area contributed by atoms with E-state index in [1.54, 1.807) is 31.5 Å². The Hall–Kier alpha value is -2.50. The summed E-state index contributed by atoms with van der Waals surface area (Å²) in [5.41, 5.74) is 1.03. The number of hydrogen-bond acceptors (Lipinski definition) is 4. The Morgan fingerprint density at radius 3 is 2.78 bits per heavy atom. The van der Waals surface area contributed by atoms with Crippen LogP contribution in [0.15, 0.2) is 41.7 Å². The van der Waals surface area contributed by atoms with Gasteiger partial charge < -0.3 is 5.32 Å². The van der Waals surface area contributed by atoms with Gasteiger partial charge >= 0.3 is 0 Å². The van der Waals surface area contributed by atoms with E-state index in [0.29, 0.717) is 11.4 Å². The number of aromatic nitrogens is 3. The van der Waals surface area contributed by atoms with E-state index in [2.05, 4.69) is 15.3 Å². The summed E-state index contributed by atoms with van der Waals surface area (Å²) in [5.74, 6) is -0.283. The van der Waals surface area contributed by atoms with Crippen LogP contribution in [0.25, 0.3) is 0 Å². The molecule has 6 nitrogen and oxygen atoms in total. The van der Waals surface area contributed by atoms with Gasteiger partial charge in [0.1, 0.15) is 6.54 Å². The molecule has 0 aliphatic heterocycles. The molecule has 1 amide bonds. The molecule has 0 spiro atoms. The number of carbonyl (C=O) groups excluding carboxylic acids is 1. The lowest BCUT2D eigenvalue weighted by atomic mass is 10.4. The first-order valence-corrected chi connectivity index (χ1v) is 5.38. The van der Waals surface area contributed by atoms with E-state index in [4.69, 9.17) is 0 Å². The average molecular weight is 244 g/mol. The van der Waals surface area contributed by atoms with Crippen molar-refractivity contribution in [2.45, 2.75) is 13.5 Å². The number of nitrogens with one attached hydrogen (secondary N) is 1. The zero-order chi connectivity index (χ0) is 13.0. The van der Waals surface area contributed by atoms with E-state index in [1.807, 2.05) is 0 Å². The molecule has 2 aromatic rings. The first kappa shape index (κ1) is 12.0. The highest BCUT2D eigenvalue weighted by Gasteiger charge is 2.05. The normalized spacial score (nSPS) is 10.1. The molecular weight excluding hydrogens is 232 g/mol. The molecule has 0 atom stereocenters. The van der Waals surface area contributed by atoms with E-state index in [0.717, 1.165) is 0 Å². The number of hydrogen-bond donors (Lipinski definition) is 1. The predicted molar refractivity (Wildman–Crippen MR) is 66.1 cm³/mol. The summed E-state index contributed by atoms with van der Waals surface area (Å²) < 4.78 is 1.25. The van der Waals surface area contributed by atoms with Crippen molar-refractivity contribution in [2.75, 3.05) is 5.32 Å². The number of pyridine rings is 1. The molecule has 92 valence electrons. The fourth-order valence-electron chi connectivity index (χ4n) is 1.43. The van der Waals surface area contributed by atoms with Crippen LogP contribution in [0.1, 0.15) is 5.69 Å². The van der Waals surface area contributed by atoms with Gasteiger partial charge in [0.2, 0.25) is 5.91 Å². The molecule has 2 rings (SSSR count). The molecule has 0 aliphatic carbocycles. The quantitative estimate of drug-likeness (QED) is 0.857. The standard InChI is InChI=1S/C12H12N4O2/c1-9-6-12(18)16(8-14-9)7-11(17)15-10-2-4-13-5-3-10/h2-6,8H,7H2,1H3,(H,13,15,17). The third-order valence-corrected chi connectivity index (χ3v) is 2.29. The predicted octanol–water partition coefficient (Wildman–Crippen LogP) is 0.585. The Balaban J connectivity index is 2.06. The highest BCUT2D eigenvalue weighted by molar-refractivity contribution is 5.90. The second kappa shape index (κ2) is 5.22. The summed E-state index contributed by atoms with van der Waals surface area (Å²) in [7, 11) is 0. The number of amides is 1. The summed E-state index contributed by atoms with van der Waals surface area (Å²) >= 11 is 0. The number of rotatable bonds is 3. The summed E-state index contributed by atoms with van der Waals surface area (Å²) in [6.07, 6.45) is 4.52. The van der Waals surface area contributed by atoms with E-state index in [9.17, 15) is 9.59 Å².